The molecule has 0 fully saturated rings. The number of hydrogen-bond acceptors (Lipinski definition) is 4. The molecule has 0 saturated carbocycles. The first kappa shape index (κ1) is 12.6. The van der Waals surface area contributed by atoms with Gasteiger partial charge in [-0.15, -0.1) is 0 Å². The third-order valence-corrected chi connectivity index (χ3v) is 2.75. The van der Waals surface area contributed by atoms with Crippen LogP contribution in [0.3, 0.4) is 0 Å². The Morgan fingerprint density at radius 1 is 1.53 bits per heavy atom. The highest BCUT2D eigenvalue weighted by atomic mass is 79.9. The molecule has 1 N–H and O–H groups in total. The van der Waals surface area contributed by atoms with Crippen LogP contribution in [0.4, 0.5) is 0 Å². The van der Waals surface area contributed by atoms with Gasteiger partial charge in [-0.2, -0.15) is 5.10 Å². The molecule has 0 spiro atoms. The number of aryl methyl sites for hydroxylation is 1. The summed E-state index contributed by atoms with van der Waals surface area (Å²) in [5.74, 6) is 0. The fraction of sp³-hybridized carbons (Fsp3) is 0.667. The summed E-state index contributed by atoms with van der Waals surface area (Å²) in [7, 11) is 2.97. The molecule has 0 saturated heterocycles. The average molecular weight is 279 g/mol. The van der Waals surface area contributed by atoms with Crippen molar-refractivity contribution in [3.63, 3.8) is 0 Å². The quantitative estimate of drug-likeness (QED) is 0.826. The minimum absolute atomic E-state index is 0.659. The Hall–Kier alpha value is -0.430. The molecule has 1 atom stereocenters. The number of hydrogen-bond donors (Lipinski definition) is 1. The standard InChI is InChI=1S/C9H15BrN2O3/c1-4-12-7(6(10)5-11-12)8(13)9(14-2)15-3/h5,8-9,13H,4H2,1-3H3. The molecule has 1 aromatic rings. The highest BCUT2D eigenvalue weighted by Gasteiger charge is 2.25. The number of aliphatic hydroxyl groups is 1. The largest absolute Gasteiger partial charge is 0.381 e. The van der Waals surface area contributed by atoms with Crippen molar-refractivity contribution < 1.29 is 14.6 Å². The Kier molecular flexibility index (Phi) is 4.72. The van der Waals surface area contributed by atoms with Crippen LogP contribution in [0.15, 0.2) is 10.7 Å². The van der Waals surface area contributed by atoms with Gasteiger partial charge in [0.25, 0.3) is 0 Å². The molecular formula is C9H15BrN2O3. The minimum atomic E-state index is -0.864. The molecule has 0 amide bonds. The van der Waals surface area contributed by atoms with E-state index in [9.17, 15) is 5.11 Å². The van der Waals surface area contributed by atoms with E-state index >= 15 is 0 Å². The van der Waals surface area contributed by atoms with E-state index in [1.807, 2.05) is 6.92 Å². The summed E-state index contributed by atoms with van der Waals surface area (Å²) >= 11 is 3.33. The van der Waals surface area contributed by atoms with E-state index in [2.05, 4.69) is 21.0 Å². The Labute approximate surface area is 97.1 Å². The topological polar surface area (TPSA) is 56.5 Å². The molecule has 0 bridgehead atoms. The molecule has 0 aromatic carbocycles. The van der Waals surface area contributed by atoms with Crippen molar-refractivity contribution in [2.24, 2.45) is 0 Å². The molecule has 86 valence electrons. The molecule has 6 heteroatoms. The van der Waals surface area contributed by atoms with Crippen LogP contribution in [-0.2, 0) is 16.0 Å². The third kappa shape index (κ3) is 2.57. The van der Waals surface area contributed by atoms with Gasteiger partial charge in [-0.05, 0) is 22.9 Å². The fourth-order valence-electron chi connectivity index (χ4n) is 1.40. The third-order valence-electron chi connectivity index (χ3n) is 2.14. The van der Waals surface area contributed by atoms with Gasteiger partial charge >= 0.3 is 0 Å². The smallest absolute Gasteiger partial charge is 0.188 e. The maximum Gasteiger partial charge on any atom is 0.188 e. The van der Waals surface area contributed by atoms with Crippen LogP contribution in [0.5, 0.6) is 0 Å². The minimum Gasteiger partial charge on any atom is -0.381 e. The van der Waals surface area contributed by atoms with Gasteiger partial charge in [0, 0.05) is 20.8 Å². The molecular weight excluding hydrogens is 264 g/mol. The van der Waals surface area contributed by atoms with Gasteiger partial charge in [-0.3, -0.25) is 4.68 Å². The first-order valence-electron chi connectivity index (χ1n) is 4.60. The molecule has 0 aliphatic heterocycles. The maximum atomic E-state index is 10.0. The Balaban J connectivity index is 2.97. The fourth-order valence-corrected chi connectivity index (χ4v) is 1.93. The van der Waals surface area contributed by atoms with E-state index < -0.39 is 12.4 Å². The first-order valence-corrected chi connectivity index (χ1v) is 5.39. The van der Waals surface area contributed by atoms with Gasteiger partial charge in [0.05, 0.1) is 16.4 Å². The van der Waals surface area contributed by atoms with E-state index in [1.54, 1.807) is 10.9 Å². The van der Waals surface area contributed by atoms with Gasteiger partial charge in [-0.25, -0.2) is 0 Å². The number of rotatable bonds is 5. The van der Waals surface area contributed by atoms with E-state index in [1.165, 1.54) is 14.2 Å². The maximum absolute atomic E-state index is 10.0. The monoisotopic (exact) mass is 278 g/mol. The number of aromatic nitrogens is 2. The van der Waals surface area contributed by atoms with E-state index in [4.69, 9.17) is 9.47 Å². The molecule has 0 aliphatic rings. The van der Waals surface area contributed by atoms with Gasteiger partial charge in [0.15, 0.2) is 6.29 Å². The molecule has 1 aromatic heterocycles. The van der Waals surface area contributed by atoms with Gasteiger partial charge in [0.2, 0.25) is 0 Å². The van der Waals surface area contributed by atoms with Crippen LogP contribution in [-0.4, -0.2) is 35.4 Å². The molecule has 5 nitrogen and oxygen atoms in total. The summed E-state index contributed by atoms with van der Waals surface area (Å²) in [6.07, 6.45) is 0.0878. The molecule has 15 heavy (non-hydrogen) atoms. The van der Waals surface area contributed by atoms with E-state index in [0.29, 0.717) is 12.2 Å². The lowest BCUT2D eigenvalue weighted by atomic mass is 10.2. The molecule has 1 rings (SSSR count). The van der Waals surface area contributed by atoms with Crippen molar-refractivity contribution in [3.05, 3.63) is 16.4 Å². The number of methoxy groups -OCH3 is 2. The highest BCUT2D eigenvalue weighted by molar-refractivity contribution is 9.10. The van der Waals surface area contributed by atoms with Crippen LogP contribution >= 0.6 is 15.9 Å². The van der Waals surface area contributed by atoms with E-state index in [0.717, 1.165) is 4.47 Å². The lowest BCUT2D eigenvalue weighted by molar-refractivity contribution is -0.168. The molecule has 1 heterocycles. The van der Waals surface area contributed by atoms with Crippen LogP contribution in [0, 0.1) is 0 Å². The summed E-state index contributed by atoms with van der Waals surface area (Å²) in [5.41, 5.74) is 0.659. The zero-order valence-electron chi connectivity index (χ0n) is 8.98. The Morgan fingerprint density at radius 2 is 2.13 bits per heavy atom. The summed E-state index contributed by atoms with van der Waals surface area (Å²) in [6.45, 7) is 2.63. The molecule has 0 radical (unpaired) electrons. The Morgan fingerprint density at radius 3 is 2.60 bits per heavy atom. The van der Waals surface area contributed by atoms with Crippen molar-refractivity contribution in [2.45, 2.75) is 25.9 Å². The summed E-state index contributed by atoms with van der Waals surface area (Å²) < 4.78 is 12.5. The molecule has 0 aliphatic carbocycles. The Bertz CT molecular complexity index is 312. The zero-order valence-corrected chi connectivity index (χ0v) is 10.6. The number of nitrogens with zero attached hydrogens (tertiary/aromatic N) is 2. The second-order valence-corrected chi connectivity index (χ2v) is 3.83. The van der Waals surface area contributed by atoms with Crippen LogP contribution < -0.4 is 0 Å². The predicted molar refractivity (Wildman–Crippen MR) is 58.4 cm³/mol. The summed E-state index contributed by atoms with van der Waals surface area (Å²) in [6, 6.07) is 0. The van der Waals surface area contributed by atoms with Crippen molar-refractivity contribution in [1.82, 2.24) is 9.78 Å². The molecule has 1 unspecified atom stereocenters. The summed E-state index contributed by atoms with van der Waals surface area (Å²) in [4.78, 5) is 0. The number of halogens is 1. The second kappa shape index (κ2) is 5.60. The second-order valence-electron chi connectivity index (χ2n) is 2.98. The lowest BCUT2D eigenvalue weighted by Gasteiger charge is -2.21. The number of ether oxygens (including phenoxy) is 2. The van der Waals surface area contributed by atoms with Crippen molar-refractivity contribution in [1.29, 1.82) is 0 Å². The van der Waals surface area contributed by atoms with E-state index in [-0.39, 0.29) is 0 Å². The van der Waals surface area contributed by atoms with Crippen LogP contribution in [0.25, 0.3) is 0 Å². The van der Waals surface area contributed by atoms with Crippen molar-refractivity contribution >= 4 is 15.9 Å². The van der Waals surface area contributed by atoms with Gasteiger partial charge < -0.3 is 14.6 Å². The van der Waals surface area contributed by atoms with Crippen molar-refractivity contribution in [2.75, 3.05) is 14.2 Å². The predicted octanol–water partition coefficient (Wildman–Crippen LogP) is 1.32. The van der Waals surface area contributed by atoms with Crippen LogP contribution in [0.2, 0.25) is 0 Å². The lowest BCUT2D eigenvalue weighted by Crippen LogP contribution is -2.25. The average Bonchev–Trinajstić information content (AvgIpc) is 2.61. The van der Waals surface area contributed by atoms with Gasteiger partial charge in [-0.1, -0.05) is 0 Å². The summed E-state index contributed by atoms with van der Waals surface area (Å²) in [5, 5.41) is 14.1. The SMILES string of the molecule is CCn1ncc(Br)c1C(O)C(OC)OC. The van der Waals surface area contributed by atoms with Gasteiger partial charge in [0.1, 0.15) is 6.10 Å². The highest BCUT2D eigenvalue weighted by Crippen LogP contribution is 2.26. The van der Waals surface area contributed by atoms with Crippen molar-refractivity contribution in [3.8, 4) is 0 Å². The number of aliphatic hydroxyl groups excluding tert-OH is 1. The zero-order chi connectivity index (χ0) is 11.4. The first-order chi connectivity index (χ1) is 7.15. The van der Waals surface area contributed by atoms with Crippen LogP contribution in [0.1, 0.15) is 18.7 Å². The normalized spacial score (nSPS) is 13.5.